The number of likely N-dealkylation sites (N-methyl/N-ethyl adjacent to an activating group) is 1. The number of hydrogen-bond donors (Lipinski definition) is 1. The van der Waals surface area contributed by atoms with Gasteiger partial charge in [-0.25, -0.2) is 13.8 Å². The second kappa shape index (κ2) is 11.9. The molecule has 0 atom stereocenters. The van der Waals surface area contributed by atoms with Gasteiger partial charge in [0.2, 0.25) is 5.95 Å². The number of hydrogen-bond acceptors (Lipinski definition) is 7. The van der Waals surface area contributed by atoms with Crippen LogP contribution in [0.4, 0.5) is 20.4 Å². The highest BCUT2D eigenvalue weighted by Crippen LogP contribution is 2.26. The van der Waals surface area contributed by atoms with Crippen LogP contribution in [0.2, 0.25) is 0 Å². The molecule has 4 aromatic rings. The number of nitrogens with zero attached hydrogens (tertiary/aromatic N) is 6. The minimum absolute atomic E-state index is 0.0334. The van der Waals surface area contributed by atoms with E-state index in [2.05, 4.69) is 46.2 Å². The number of fused-ring (bicyclic) bond motifs is 1. The molecule has 0 radical (unpaired) electrons. The van der Waals surface area contributed by atoms with Crippen LogP contribution in [0.5, 0.6) is 0 Å². The van der Waals surface area contributed by atoms with Gasteiger partial charge in [-0.1, -0.05) is 6.07 Å². The average Bonchev–Trinajstić information content (AvgIpc) is 3.38. The summed E-state index contributed by atoms with van der Waals surface area (Å²) in [5.74, 6) is 0.353. The van der Waals surface area contributed by atoms with E-state index < -0.39 is 22.4 Å². The van der Waals surface area contributed by atoms with Crippen molar-refractivity contribution in [1.29, 1.82) is 0 Å². The van der Waals surface area contributed by atoms with E-state index in [4.69, 9.17) is 4.98 Å². The van der Waals surface area contributed by atoms with E-state index in [-0.39, 0.29) is 12.1 Å². The minimum atomic E-state index is -1.19. The highest BCUT2D eigenvalue weighted by molar-refractivity contribution is 7.85. The molecule has 2 saturated heterocycles. The normalized spacial score (nSPS) is 17.9. The average molecular weight is 581 g/mol. The fourth-order valence-corrected chi connectivity index (χ4v) is 6.71. The Morgan fingerprint density at radius 3 is 2.37 bits per heavy atom. The molecule has 0 saturated carbocycles. The van der Waals surface area contributed by atoms with Crippen molar-refractivity contribution in [3.63, 3.8) is 0 Å². The van der Waals surface area contributed by atoms with Gasteiger partial charge < -0.3 is 14.8 Å². The second-order valence-corrected chi connectivity index (χ2v) is 13.0. The zero-order valence-corrected chi connectivity index (χ0v) is 24.4. The molecular weight excluding hydrogens is 544 g/mol. The van der Waals surface area contributed by atoms with Crippen molar-refractivity contribution in [2.45, 2.75) is 20.0 Å². The molecule has 2 aromatic carbocycles. The van der Waals surface area contributed by atoms with E-state index in [1.54, 1.807) is 17.0 Å². The van der Waals surface area contributed by atoms with Gasteiger partial charge in [0.15, 0.2) is 0 Å². The van der Waals surface area contributed by atoms with Crippen LogP contribution in [0, 0.1) is 18.6 Å². The van der Waals surface area contributed by atoms with E-state index in [9.17, 15) is 4.21 Å². The molecule has 2 aliphatic rings. The van der Waals surface area contributed by atoms with Gasteiger partial charge in [0, 0.05) is 81.4 Å². The smallest absolute Gasteiger partial charge is 0.229 e. The predicted octanol–water partition coefficient (Wildman–Crippen LogP) is 4.01. The molecule has 4 heterocycles. The first-order valence-corrected chi connectivity index (χ1v) is 15.7. The van der Waals surface area contributed by atoms with E-state index in [0.29, 0.717) is 41.9 Å². The van der Waals surface area contributed by atoms with Crippen molar-refractivity contribution in [3.05, 3.63) is 77.1 Å². The largest absolute Gasteiger partial charge is 0.324 e. The van der Waals surface area contributed by atoms with Crippen molar-refractivity contribution in [2.75, 3.05) is 63.1 Å². The maximum Gasteiger partial charge on any atom is 0.229 e. The molecule has 1 N–H and O–H groups in total. The number of piperazine rings is 1. The summed E-state index contributed by atoms with van der Waals surface area (Å²) in [6.07, 6.45) is 3.46. The van der Waals surface area contributed by atoms with Crippen LogP contribution in [0.3, 0.4) is 0 Å². The zero-order valence-electron chi connectivity index (χ0n) is 23.5. The first-order chi connectivity index (χ1) is 19.8. The Kier molecular flexibility index (Phi) is 8.12. The molecule has 41 heavy (non-hydrogen) atoms. The van der Waals surface area contributed by atoms with Gasteiger partial charge in [0.25, 0.3) is 0 Å². The Morgan fingerprint density at radius 2 is 1.63 bits per heavy atom. The number of rotatable bonds is 7. The first kappa shape index (κ1) is 27.9. The van der Waals surface area contributed by atoms with Gasteiger partial charge in [0.05, 0.1) is 16.5 Å². The standard InChI is InChI=1S/C30H35F2N7OS/c1-21-3-4-24(15-23(21)19-37-9-7-36(2)8-10-37)34-30-33-18-22-5-6-39(29(22)35-30)25-16-27(31)26(28(32)17-25)20-38-11-13-41(40)14-12-38/h3-6,15-18H,7-14,19-20H2,1-2H3,(H,33,34,35)/p+1. The van der Waals surface area contributed by atoms with E-state index in [1.807, 2.05) is 17.0 Å². The summed E-state index contributed by atoms with van der Waals surface area (Å²) in [6.45, 7) is 8.60. The summed E-state index contributed by atoms with van der Waals surface area (Å²) in [5.41, 5.74) is 4.33. The molecule has 2 aliphatic heterocycles. The third-order valence-corrected chi connectivity index (χ3v) is 9.54. The van der Waals surface area contributed by atoms with Crippen molar-refractivity contribution in [2.24, 2.45) is 0 Å². The Bertz CT molecular complexity index is 1550. The lowest BCUT2D eigenvalue weighted by molar-refractivity contribution is 0.148. The van der Waals surface area contributed by atoms with Crippen molar-refractivity contribution >= 4 is 33.5 Å². The highest BCUT2D eigenvalue weighted by atomic mass is 32.2. The maximum atomic E-state index is 15.2. The summed E-state index contributed by atoms with van der Waals surface area (Å²) >= 11 is 0. The number of nitrogens with one attached hydrogen (secondary N) is 1. The van der Waals surface area contributed by atoms with E-state index in [0.717, 1.165) is 43.8 Å². The Morgan fingerprint density at radius 1 is 0.927 bits per heavy atom. The Labute approximate surface area is 241 Å². The van der Waals surface area contributed by atoms with Crippen LogP contribution in [-0.2, 0) is 28.1 Å². The number of aromatic nitrogens is 3. The number of halogens is 2. The molecule has 6 rings (SSSR count). The number of aryl methyl sites for hydroxylation is 1. The van der Waals surface area contributed by atoms with E-state index >= 15 is 8.78 Å². The zero-order chi connectivity index (χ0) is 28.5. The predicted molar refractivity (Wildman–Crippen MR) is 160 cm³/mol. The van der Waals surface area contributed by atoms with Gasteiger partial charge in [-0.05, 0) is 55.4 Å². The monoisotopic (exact) mass is 580 g/mol. The summed E-state index contributed by atoms with van der Waals surface area (Å²) in [6, 6.07) is 10.8. The van der Waals surface area contributed by atoms with Crippen LogP contribution in [0.25, 0.3) is 16.7 Å². The van der Waals surface area contributed by atoms with Gasteiger partial charge in [-0.15, -0.1) is 4.21 Å². The lowest BCUT2D eigenvalue weighted by Crippen LogP contribution is -2.43. The summed E-state index contributed by atoms with van der Waals surface area (Å²) < 4.78 is 43.7. The SMILES string of the molecule is Cc1ccc(Nc2ncc3ccn(-c4cc(F)c(CN5CC[SH+](=O)CC5)c(F)c4)c3n2)cc1CN1CCN(C)CC1. The van der Waals surface area contributed by atoms with Crippen LogP contribution in [-0.4, -0.2) is 87.1 Å². The van der Waals surface area contributed by atoms with Crippen LogP contribution >= 0.6 is 0 Å². The Hall–Kier alpha value is -3.25. The highest BCUT2D eigenvalue weighted by Gasteiger charge is 2.23. The van der Waals surface area contributed by atoms with Crippen molar-refractivity contribution < 1.29 is 13.0 Å². The molecule has 0 unspecified atom stereocenters. The number of thiol groups is 1. The molecule has 2 aromatic heterocycles. The molecule has 2 fully saturated rings. The molecule has 216 valence electrons. The molecule has 0 amide bonds. The van der Waals surface area contributed by atoms with Gasteiger partial charge in [-0.3, -0.25) is 9.80 Å². The third kappa shape index (κ3) is 6.33. The van der Waals surface area contributed by atoms with Gasteiger partial charge in [-0.2, -0.15) is 4.98 Å². The van der Waals surface area contributed by atoms with Crippen LogP contribution in [0.1, 0.15) is 16.7 Å². The Balaban J connectivity index is 1.22. The molecule has 0 spiro atoms. The second-order valence-electron chi connectivity index (χ2n) is 11.1. The van der Waals surface area contributed by atoms with Gasteiger partial charge in [0.1, 0.15) is 28.8 Å². The van der Waals surface area contributed by atoms with Crippen LogP contribution < -0.4 is 5.32 Å². The van der Waals surface area contributed by atoms with Crippen LogP contribution in [0.15, 0.2) is 48.8 Å². The van der Waals surface area contributed by atoms with Crippen molar-refractivity contribution in [1.82, 2.24) is 29.2 Å². The summed E-state index contributed by atoms with van der Waals surface area (Å²) in [5, 5.41) is 4.09. The lowest BCUT2D eigenvalue weighted by atomic mass is 10.1. The third-order valence-electron chi connectivity index (χ3n) is 8.14. The molecule has 0 aliphatic carbocycles. The lowest BCUT2D eigenvalue weighted by Gasteiger charge is -2.32. The molecular formula is C30H36F2N7OS+. The van der Waals surface area contributed by atoms with Gasteiger partial charge >= 0.3 is 0 Å². The molecule has 0 bridgehead atoms. The minimum Gasteiger partial charge on any atom is -0.324 e. The fraction of sp³-hybridized carbons (Fsp3) is 0.400. The number of benzene rings is 2. The fourth-order valence-electron chi connectivity index (χ4n) is 5.47. The quantitative estimate of drug-likeness (QED) is 0.262. The first-order valence-electron chi connectivity index (χ1n) is 14.1. The van der Waals surface area contributed by atoms with E-state index in [1.165, 1.54) is 23.3 Å². The van der Waals surface area contributed by atoms with Crippen molar-refractivity contribution in [3.8, 4) is 5.69 Å². The maximum absolute atomic E-state index is 15.2. The summed E-state index contributed by atoms with van der Waals surface area (Å²) in [7, 11) is 0.972. The number of anilines is 2. The summed E-state index contributed by atoms with van der Waals surface area (Å²) in [4.78, 5) is 16.0. The topological polar surface area (TPSA) is 69.5 Å². The molecule has 11 heteroatoms. The molecule has 8 nitrogen and oxygen atoms in total.